The van der Waals surface area contributed by atoms with Crippen molar-refractivity contribution in [3.63, 3.8) is 0 Å². The van der Waals surface area contributed by atoms with Crippen LogP contribution in [-0.4, -0.2) is 12.0 Å². The van der Waals surface area contributed by atoms with Crippen LogP contribution in [0, 0.1) is 17.7 Å². The highest BCUT2D eigenvalue weighted by molar-refractivity contribution is 6.19. The first-order chi connectivity index (χ1) is 7.67. The molecule has 0 fully saturated rings. The minimum Gasteiger partial charge on any atom is -0.491 e. The lowest BCUT2D eigenvalue weighted by molar-refractivity contribution is 0.216. The number of halogens is 2. The molecule has 0 aromatic heterocycles. The van der Waals surface area contributed by atoms with Crippen LogP contribution in [0.3, 0.4) is 0 Å². The first-order valence-electron chi connectivity index (χ1n) is 5.18. The summed E-state index contributed by atoms with van der Waals surface area (Å²) in [7, 11) is 0. The average Bonchev–Trinajstić information content (AvgIpc) is 2.28. The lowest BCUT2D eigenvalue weighted by atomic mass is 10.2. The van der Waals surface area contributed by atoms with Crippen molar-refractivity contribution in [1.29, 1.82) is 0 Å². The van der Waals surface area contributed by atoms with Gasteiger partial charge in [-0.05, 0) is 25.5 Å². The van der Waals surface area contributed by atoms with Crippen LogP contribution in [0.1, 0.15) is 25.8 Å². The summed E-state index contributed by atoms with van der Waals surface area (Å²) in [6, 6.07) is 4.67. The molecule has 1 aromatic carbocycles. The van der Waals surface area contributed by atoms with E-state index in [9.17, 15) is 4.39 Å². The summed E-state index contributed by atoms with van der Waals surface area (Å²) in [5, 5.41) is 0. The van der Waals surface area contributed by atoms with Crippen molar-refractivity contribution >= 4 is 11.6 Å². The summed E-state index contributed by atoms with van der Waals surface area (Å²) in [5.41, 5.74) is 0.345. The second kappa shape index (κ2) is 6.40. The predicted molar refractivity (Wildman–Crippen MR) is 64.4 cm³/mol. The molecule has 86 valence electrons. The molecule has 0 aliphatic carbocycles. The Labute approximate surface area is 101 Å². The first kappa shape index (κ1) is 12.9. The third kappa shape index (κ3) is 3.75. The summed E-state index contributed by atoms with van der Waals surface area (Å²) in [4.78, 5) is 0. The van der Waals surface area contributed by atoms with E-state index in [4.69, 9.17) is 16.3 Å². The minimum absolute atomic E-state index is 0.0826. The largest absolute Gasteiger partial charge is 0.491 e. The van der Waals surface area contributed by atoms with Crippen molar-refractivity contribution in [2.45, 2.75) is 26.4 Å². The zero-order chi connectivity index (χ0) is 12.0. The maximum atomic E-state index is 13.5. The molecule has 0 spiro atoms. The van der Waals surface area contributed by atoms with E-state index in [0.717, 1.165) is 6.42 Å². The van der Waals surface area contributed by atoms with Crippen LogP contribution in [0.5, 0.6) is 5.75 Å². The number of benzene rings is 1. The van der Waals surface area contributed by atoms with Crippen LogP contribution in [-0.2, 0) is 0 Å². The van der Waals surface area contributed by atoms with Gasteiger partial charge in [0, 0.05) is 6.07 Å². The molecule has 0 radical (unpaired) electrons. The Hall–Kier alpha value is -1.20. The third-order valence-corrected chi connectivity index (χ3v) is 2.28. The Morgan fingerprint density at radius 2 is 2.25 bits per heavy atom. The zero-order valence-electron chi connectivity index (χ0n) is 9.39. The average molecular weight is 241 g/mol. The standard InChI is InChI=1S/C13H14ClFO/c1-3-10(2)16-12-7-6-11(5-4-8-14)13(15)9-12/h6-7,9-10H,3,8H2,1-2H3. The molecule has 0 bridgehead atoms. The first-order valence-corrected chi connectivity index (χ1v) is 5.71. The molecule has 1 rings (SSSR count). The maximum Gasteiger partial charge on any atom is 0.142 e. The van der Waals surface area contributed by atoms with Crippen molar-refractivity contribution < 1.29 is 9.13 Å². The SMILES string of the molecule is CCC(C)Oc1ccc(C#CCCl)c(F)c1. The van der Waals surface area contributed by atoms with Gasteiger partial charge in [0.1, 0.15) is 11.6 Å². The van der Waals surface area contributed by atoms with E-state index < -0.39 is 0 Å². The Morgan fingerprint density at radius 3 is 2.81 bits per heavy atom. The van der Waals surface area contributed by atoms with Crippen LogP contribution in [0.25, 0.3) is 0 Å². The number of ether oxygens (including phenoxy) is 1. The van der Waals surface area contributed by atoms with Crippen molar-refractivity contribution in [3.05, 3.63) is 29.6 Å². The summed E-state index contributed by atoms with van der Waals surface area (Å²) >= 11 is 5.40. The number of alkyl halides is 1. The van der Waals surface area contributed by atoms with Crippen LogP contribution < -0.4 is 4.74 Å². The number of rotatable bonds is 3. The molecule has 0 saturated carbocycles. The lowest BCUT2D eigenvalue weighted by Gasteiger charge is -2.12. The molecule has 0 heterocycles. The van der Waals surface area contributed by atoms with Crippen molar-refractivity contribution in [2.24, 2.45) is 0 Å². The van der Waals surface area contributed by atoms with Gasteiger partial charge in [0.25, 0.3) is 0 Å². The molecule has 0 saturated heterocycles. The monoisotopic (exact) mass is 240 g/mol. The van der Waals surface area contributed by atoms with Gasteiger partial charge < -0.3 is 4.74 Å². The fourth-order valence-electron chi connectivity index (χ4n) is 1.11. The molecule has 1 aromatic rings. The molecule has 1 atom stereocenters. The molecular weight excluding hydrogens is 227 g/mol. The van der Waals surface area contributed by atoms with Gasteiger partial charge in [-0.2, -0.15) is 0 Å². The van der Waals surface area contributed by atoms with Crippen LogP contribution in [0.15, 0.2) is 18.2 Å². The molecular formula is C13H14ClFO. The molecule has 0 N–H and O–H groups in total. The molecule has 0 aliphatic rings. The molecule has 16 heavy (non-hydrogen) atoms. The van der Waals surface area contributed by atoms with Gasteiger partial charge in [-0.25, -0.2) is 4.39 Å². The molecule has 0 amide bonds. The Kier molecular flexibility index (Phi) is 5.14. The van der Waals surface area contributed by atoms with Crippen LogP contribution in [0.4, 0.5) is 4.39 Å². The minimum atomic E-state index is -0.376. The molecule has 1 nitrogen and oxygen atoms in total. The second-order valence-corrected chi connectivity index (χ2v) is 3.68. The number of hydrogen-bond acceptors (Lipinski definition) is 1. The maximum absolute atomic E-state index is 13.5. The van der Waals surface area contributed by atoms with E-state index >= 15 is 0 Å². The van der Waals surface area contributed by atoms with E-state index in [2.05, 4.69) is 11.8 Å². The normalized spacial score (nSPS) is 11.5. The summed E-state index contributed by atoms with van der Waals surface area (Å²) in [5.74, 6) is 5.61. The predicted octanol–water partition coefficient (Wildman–Crippen LogP) is 3.59. The van der Waals surface area contributed by atoms with E-state index in [-0.39, 0.29) is 17.8 Å². The van der Waals surface area contributed by atoms with Crippen molar-refractivity contribution in [1.82, 2.24) is 0 Å². The van der Waals surface area contributed by atoms with Gasteiger partial charge >= 0.3 is 0 Å². The van der Waals surface area contributed by atoms with E-state index in [0.29, 0.717) is 11.3 Å². The molecule has 1 unspecified atom stereocenters. The highest BCUT2D eigenvalue weighted by Gasteiger charge is 2.04. The fourth-order valence-corrected chi connectivity index (χ4v) is 1.18. The van der Waals surface area contributed by atoms with E-state index in [1.165, 1.54) is 6.07 Å². The van der Waals surface area contributed by atoms with Crippen molar-refractivity contribution in [3.8, 4) is 17.6 Å². The second-order valence-electron chi connectivity index (χ2n) is 3.41. The summed E-state index contributed by atoms with van der Waals surface area (Å²) in [6.45, 7) is 3.96. The topological polar surface area (TPSA) is 9.23 Å². The van der Waals surface area contributed by atoms with Gasteiger partial charge in [0.05, 0.1) is 17.5 Å². The third-order valence-electron chi connectivity index (χ3n) is 2.14. The Balaban J connectivity index is 2.82. The van der Waals surface area contributed by atoms with Crippen LogP contribution in [0.2, 0.25) is 0 Å². The fraction of sp³-hybridized carbons (Fsp3) is 0.385. The smallest absolute Gasteiger partial charge is 0.142 e. The van der Waals surface area contributed by atoms with Gasteiger partial charge in [0.15, 0.2) is 0 Å². The Morgan fingerprint density at radius 1 is 1.50 bits per heavy atom. The highest BCUT2D eigenvalue weighted by atomic mass is 35.5. The quantitative estimate of drug-likeness (QED) is 0.580. The highest BCUT2D eigenvalue weighted by Crippen LogP contribution is 2.17. The zero-order valence-corrected chi connectivity index (χ0v) is 10.1. The van der Waals surface area contributed by atoms with E-state index in [1.807, 2.05) is 13.8 Å². The molecule has 0 aliphatic heterocycles. The van der Waals surface area contributed by atoms with E-state index in [1.54, 1.807) is 12.1 Å². The van der Waals surface area contributed by atoms with Crippen molar-refractivity contribution in [2.75, 3.05) is 5.88 Å². The summed E-state index contributed by atoms with van der Waals surface area (Å²) < 4.78 is 19.0. The molecule has 3 heteroatoms. The van der Waals surface area contributed by atoms with Gasteiger partial charge in [-0.15, -0.1) is 11.6 Å². The van der Waals surface area contributed by atoms with Gasteiger partial charge in [0.2, 0.25) is 0 Å². The lowest BCUT2D eigenvalue weighted by Crippen LogP contribution is -2.09. The van der Waals surface area contributed by atoms with Crippen LogP contribution >= 0.6 is 11.6 Å². The van der Waals surface area contributed by atoms with Gasteiger partial charge in [-0.3, -0.25) is 0 Å². The number of hydrogen-bond donors (Lipinski definition) is 0. The summed E-state index contributed by atoms with van der Waals surface area (Å²) in [6.07, 6.45) is 0.967. The Bertz CT molecular complexity index is 406. The van der Waals surface area contributed by atoms with Gasteiger partial charge in [-0.1, -0.05) is 18.8 Å².